The molecule has 3 N–H and O–H groups in total. The number of aromatic nitrogens is 4. The molecule has 0 saturated carbocycles. The number of amides is 1. The Bertz CT molecular complexity index is 1370. The molecule has 178 valence electrons. The van der Waals surface area contributed by atoms with Crippen LogP contribution in [0.4, 0.5) is 27.5 Å². The van der Waals surface area contributed by atoms with Gasteiger partial charge in [0.25, 0.3) is 5.91 Å². The summed E-state index contributed by atoms with van der Waals surface area (Å²) in [4.78, 5) is 25.0. The molecule has 2 aromatic heterocycles. The molecule has 2 aromatic carbocycles. The molecule has 8 nitrogen and oxygen atoms in total. The normalized spacial score (nSPS) is 12.8. The molecule has 3 heterocycles. The summed E-state index contributed by atoms with van der Waals surface area (Å²) >= 11 is 1.42. The zero-order valence-electron chi connectivity index (χ0n) is 19.3. The third kappa shape index (κ3) is 5.27. The molecule has 0 spiro atoms. The lowest BCUT2D eigenvalue weighted by molar-refractivity contribution is 0.102. The van der Waals surface area contributed by atoms with Crippen LogP contribution in [-0.4, -0.2) is 39.2 Å². The van der Waals surface area contributed by atoms with Gasteiger partial charge in [-0.05, 0) is 67.9 Å². The molecule has 10 heteroatoms. The van der Waals surface area contributed by atoms with Crippen molar-refractivity contribution in [3.8, 4) is 0 Å². The Morgan fingerprint density at radius 1 is 1.06 bits per heavy atom. The van der Waals surface area contributed by atoms with Crippen LogP contribution in [-0.2, 0) is 0 Å². The van der Waals surface area contributed by atoms with E-state index in [-0.39, 0.29) is 5.56 Å². The summed E-state index contributed by atoms with van der Waals surface area (Å²) in [6, 6.07) is 15.9. The van der Waals surface area contributed by atoms with Crippen LogP contribution < -0.4 is 15.5 Å². The van der Waals surface area contributed by atoms with Crippen LogP contribution in [0.15, 0.2) is 64.6 Å². The van der Waals surface area contributed by atoms with Crippen LogP contribution >= 0.6 is 11.8 Å². The van der Waals surface area contributed by atoms with Crippen LogP contribution in [0.3, 0.4) is 0 Å². The van der Waals surface area contributed by atoms with Gasteiger partial charge in [-0.3, -0.25) is 9.89 Å². The predicted molar refractivity (Wildman–Crippen MR) is 135 cm³/mol. The molecule has 0 atom stereocenters. The second-order valence-electron chi connectivity index (χ2n) is 8.31. The number of nitrogens with one attached hydrogen (secondary N) is 3. The molecule has 1 amide bonds. The fourth-order valence-corrected chi connectivity index (χ4v) is 4.34. The van der Waals surface area contributed by atoms with Gasteiger partial charge in [-0.25, -0.2) is 14.4 Å². The monoisotopic (exact) mass is 489 g/mol. The van der Waals surface area contributed by atoms with Crippen LogP contribution in [0.5, 0.6) is 0 Å². The Morgan fingerprint density at radius 2 is 1.86 bits per heavy atom. The van der Waals surface area contributed by atoms with Gasteiger partial charge in [0.2, 0.25) is 0 Å². The van der Waals surface area contributed by atoms with Gasteiger partial charge in [0, 0.05) is 41.5 Å². The molecule has 5 rings (SSSR count). The van der Waals surface area contributed by atoms with Crippen LogP contribution in [0.1, 0.15) is 28.0 Å². The Morgan fingerprint density at radius 3 is 2.54 bits per heavy atom. The average Bonchev–Trinajstić information content (AvgIpc) is 3.20. The summed E-state index contributed by atoms with van der Waals surface area (Å²) < 4.78 is 14.3. The van der Waals surface area contributed by atoms with Crippen LogP contribution in [0, 0.1) is 19.7 Å². The lowest BCUT2D eigenvalue weighted by atomic mass is 10.1. The van der Waals surface area contributed by atoms with Crippen molar-refractivity contribution in [1.29, 1.82) is 0 Å². The van der Waals surface area contributed by atoms with E-state index in [4.69, 9.17) is 4.98 Å². The zero-order valence-corrected chi connectivity index (χ0v) is 20.1. The molecule has 35 heavy (non-hydrogen) atoms. The molecule has 1 fully saturated rings. The molecular formula is C25H24FN7OS. The number of carbonyl (C=O) groups is 1. The summed E-state index contributed by atoms with van der Waals surface area (Å²) in [5.74, 6) is 1.23. The summed E-state index contributed by atoms with van der Waals surface area (Å²) in [5.41, 5.74) is 1.98. The van der Waals surface area contributed by atoms with Gasteiger partial charge in [0.1, 0.15) is 17.5 Å². The summed E-state index contributed by atoms with van der Waals surface area (Å²) in [6.45, 7) is 5.51. The van der Waals surface area contributed by atoms with Crippen molar-refractivity contribution in [3.63, 3.8) is 0 Å². The van der Waals surface area contributed by atoms with Gasteiger partial charge in [0.05, 0.1) is 5.56 Å². The first-order chi connectivity index (χ1) is 16.9. The van der Waals surface area contributed by atoms with Gasteiger partial charge in [0.15, 0.2) is 11.0 Å². The molecule has 1 aliphatic rings. The second kappa shape index (κ2) is 9.75. The van der Waals surface area contributed by atoms with E-state index in [1.807, 2.05) is 31.2 Å². The van der Waals surface area contributed by atoms with Gasteiger partial charge in [-0.15, -0.1) is 0 Å². The van der Waals surface area contributed by atoms with E-state index in [0.29, 0.717) is 28.0 Å². The molecule has 0 bridgehead atoms. The number of hydrogen-bond acceptors (Lipinski definition) is 7. The number of carbonyl (C=O) groups excluding carboxylic acids is 1. The van der Waals surface area contributed by atoms with E-state index in [1.165, 1.54) is 17.8 Å². The maximum Gasteiger partial charge on any atom is 0.258 e. The molecule has 0 aliphatic carbocycles. The fourth-order valence-electron chi connectivity index (χ4n) is 3.58. The van der Waals surface area contributed by atoms with Gasteiger partial charge in [-0.1, -0.05) is 12.1 Å². The topological polar surface area (TPSA) is 98.8 Å². The van der Waals surface area contributed by atoms with E-state index in [2.05, 4.69) is 30.7 Å². The first kappa shape index (κ1) is 22.9. The van der Waals surface area contributed by atoms with E-state index >= 15 is 0 Å². The van der Waals surface area contributed by atoms with Crippen LogP contribution in [0.25, 0.3) is 0 Å². The van der Waals surface area contributed by atoms with Crippen molar-refractivity contribution in [1.82, 2.24) is 20.2 Å². The minimum Gasteiger partial charge on any atom is -0.356 e. The molecule has 4 aromatic rings. The maximum atomic E-state index is 14.3. The summed E-state index contributed by atoms with van der Waals surface area (Å²) in [7, 11) is 0. The first-order valence-electron chi connectivity index (χ1n) is 11.2. The minimum absolute atomic E-state index is 0.0202. The SMILES string of the molecule is Cc1cc(Nc2cc(N3CCC3)nc(Sc3ccc(NC(=O)c4cccc(C)c4F)cc3)n2)n[nH]1. The number of aromatic amines is 1. The first-order valence-corrected chi connectivity index (χ1v) is 12.0. The highest BCUT2D eigenvalue weighted by atomic mass is 32.2. The van der Waals surface area contributed by atoms with Gasteiger partial charge >= 0.3 is 0 Å². The molecule has 0 unspecified atom stereocenters. The second-order valence-corrected chi connectivity index (χ2v) is 9.35. The Balaban J connectivity index is 1.31. The smallest absolute Gasteiger partial charge is 0.258 e. The number of hydrogen-bond donors (Lipinski definition) is 3. The predicted octanol–water partition coefficient (Wildman–Crippen LogP) is 5.31. The van der Waals surface area contributed by atoms with E-state index in [0.717, 1.165) is 35.9 Å². The number of aryl methyl sites for hydroxylation is 2. The van der Waals surface area contributed by atoms with Crippen molar-refractivity contribution in [2.24, 2.45) is 0 Å². The number of H-pyrrole nitrogens is 1. The standard InChI is InChI=1S/C25H24FN7OS/c1-15-5-3-6-19(23(15)26)24(34)27-17-7-9-18(10-8-17)35-25-29-20(28-21-13-16(2)31-32-21)14-22(30-25)33-11-4-12-33/h3,5-10,13-14H,4,11-12H2,1-2H3,(H,27,34)(H2,28,29,30,31,32). The van der Waals surface area contributed by atoms with Crippen LogP contribution in [0.2, 0.25) is 0 Å². The Hall–Kier alpha value is -3.92. The Kier molecular flexibility index (Phi) is 6.37. The van der Waals surface area contributed by atoms with Crippen molar-refractivity contribution in [2.75, 3.05) is 28.6 Å². The number of anilines is 4. The highest BCUT2D eigenvalue weighted by Crippen LogP contribution is 2.31. The lowest BCUT2D eigenvalue weighted by Gasteiger charge is -2.32. The number of nitrogens with zero attached hydrogens (tertiary/aromatic N) is 4. The largest absolute Gasteiger partial charge is 0.356 e. The maximum absolute atomic E-state index is 14.3. The number of halogens is 1. The van der Waals surface area contributed by atoms with Gasteiger partial charge < -0.3 is 15.5 Å². The molecule has 0 radical (unpaired) electrons. The van der Waals surface area contributed by atoms with Crippen molar-refractivity contribution >= 4 is 40.8 Å². The fraction of sp³-hybridized carbons (Fsp3) is 0.200. The van der Waals surface area contributed by atoms with E-state index in [9.17, 15) is 9.18 Å². The minimum atomic E-state index is -0.508. The van der Waals surface area contributed by atoms with Crippen molar-refractivity contribution in [3.05, 3.63) is 77.2 Å². The third-order valence-corrected chi connectivity index (χ3v) is 6.47. The zero-order chi connectivity index (χ0) is 24.4. The summed E-state index contributed by atoms with van der Waals surface area (Å²) in [5, 5.41) is 13.7. The number of benzene rings is 2. The molecule has 1 aliphatic heterocycles. The van der Waals surface area contributed by atoms with Gasteiger partial charge in [-0.2, -0.15) is 5.10 Å². The number of rotatable bonds is 7. The third-order valence-electron chi connectivity index (χ3n) is 5.59. The van der Waals surface area contributed by atoms with Crippen molar-refractivity contribution < 1.29 is 9.18 Å². The average molecular weight is 490 g/mol. The highest BCUT2D eigenvalue weighted by Gasteiger charge is 2.19. The quantitative estimate of drug-likeness (QED) is 0.303. The van der Waals surface area contributed by atoms with E-state index < -0.39 is 11.7 Å². The molecule has 1 saturated heterocycles. The summed E-state index contributed by atoms with van der Waals surface area (Å²) in [6.07, 6.45) is 1.15. The Labute approximate surface area is 206 Å². The lowest BCUT2D eigenvalue weighted by Crippen LogP contribution is -2.37. The van der Waals surface area contributed by atoms with Crippen molar-refractivity contribution in [2.45, 2.75) is 30.3 Å². The van der Waals surface area contributed by atoms with E-state index in [1.54, 1.807) is 31.2 Å². The molecular weight excluding hydrogens is 465 g/mol. The highest BCUT2D eigenvalue weighted by molar-refractivity contribution is 7.99.